The third kappa shape index (κ3) is 3.76. The van der Waals surface area contributed by atoms with Crippen molar-refractivity contribution < 1.29 is 13.7 Å². The van der Waals surface area contributed by atoms with E-state index in [1.165, 1.54) is 0 Å². The van der Waals surface area contributed by atoms with Crippen LogP contribution >= 0.6 is 0 Å². The van der Waals surface area contributed by atoms with Crippen LogP contribution in [0.2, 0.25) is 0 Å². The van der Waals surface area contributed by atoms with Crippen LogP contribution in [0, 0.1) is 28.7 Å². The Labute approximate surface area is 119 Å². The normalized spacial score (nSPS) is 10.6. The molecule has 0 aliphatic heterocycles. The second-order valence-corrected chi connectivity index (χ2v) is 4.35. The van der Waals surface area contributed by atoms with E-state index in [0.717, 1.165) is 6.07 Å². The third-order valence-corrected chi connectivity index (χ3v) is 2.77. The van der Waals surface area contributed by atoms with Gasteiger partial charge >= 0.3 is 5.69 Å². The molecule has 2 aromatic rings. The van der Waals surface area contributed by atoms with Crippen LogP contribution in [-0.4, -0.2) is 14.9 Å². The highest BCUT2D eigenvalue weighted by atomic mass is 19.1. The van der Waals surface area contributed by atoms with Gasteiger partial charge in [-0.15, -0.1) is 0 Å². The number of nitrogens with one attached hydrogen (secondary N) is 1. The van der Waals surface area contributed by atoms with E-state index >= 15 is 0 Å². The van der Waals surface area contributed by atoms with Crippen LogP contribution in [-0.2, 0) is 13.1 Å². The van der Waals surface area contributed by atoms with E-state index < -0.39 is 22.2 Å². The number of hydrogen-bond donors (Lipinski definition) is 1. The molecule has 1 aromatic heterocycles. The summed E-state index contributed by atoms with van der Waals surface area (Å²) < 4.78 is 26.7. The summed E-state index contributed by atoms with van der Waals surface area (Å²) in [5.41, 5.74) is -0.0144. The standard InChI is InChI=1S/C13H12F2N4O2/c1-8-17-3-2-10(18-8)7-16-6-9-4-13(19(20)21)12(15)5-11(9)14/h2-5,16H,6-7H2,1H3. The predicted molar refractivity (Wildman–Crippen MR) is 70.3 cm³/mol. The first-order chi connectivity index (χ1) is 9.97. The van der Waals surface area contributed by atoms with Crippen molar-refractivity contribution in [3.63, 3.8) is 0 Å². The number of nitrogens with zero attached hydrogens (tertiary/aromatic N) is 3. The molecule has 0 fully saturated rings. The SMILES string of the molecule is Cc1nccc(CNCc2cc([N+](=O)[O-])c(F)cc2F)n1. The molecule has 2 rings (SSSR count). The van der Waals surface area contributed by atoms with E-state index in [2.05, 4.69) is 15.3 Å². The van der Waals surface area contributed by atoms with Gasteiger partial charge in [0.1, 0.15) is 11.6 Å². The number of rotatable bonds is 5. The minimum Gasteiger partial charge on any atom is -0.307 e. The van der Waals surface area contributed by atoms with E-state index in [0.29, 0.717) is 24.1 Å². The fraction of sp³-hybridized carbons (Fsp3) is 0.231. The van der Waals surface area contributed by atoms with Gasteiger partial charge in [-0.1, -0.05) is 0 Å². The van der Waals surface area contributed by atoms with Gasteiger partial charge in [0.25, 0.3) is 0 Å². The minimum atomic E-state index is -1.19. The highest BCUT2D eigenvalue weighted by molar-refractivity contribution is 5.37. The first kappa shape index (κ1) is 14.9. The molecule has 0 saturated heterocycles. The zero-order chi connectivity index (χ0) is 15.4. The van der Waals surface area contributed by atoms with E-state index in [-0.39, 0.29) is 12.1 Å². The molecule has 8 heteroatoms. The number of nitro benzene ring substituents is 1. The second kappa shape index (κ2) is 6.31. The Morgan fingerprint density at radius 1 is 1.29 bits per heavy atom. The van der Waals surface area contributed by atoms with E-state index in [1.54, 1.807) is 19.2 Å². The van der Waals surface area contributed by atoms with Gasteiger partial charge < -0.3 is 5.32 Å². The number of aryl methyl sites for hydroxylation is 1. The summed E-state index contributed by atoms with van der Waals surface area (Å²) in [6, 6.07) is 3.11. The number of aromatic nitrogens is 2. The number of hydrogen-bond acceptors (Lipinski definition) is 5. The van der Waals surface area contributed by atoms with Gasteiger partial charge in [0.15, 0.2) is 0 Å². The summed E-state index contributed by atoms with van der Waals surface area (Å²) in [6.07, 6.45) is 1.60. The van der Waals surface area contributed by atoms with Crippen molar-refractivity contribution in [3.05, 3.63) is 63.2 Å². The summed E-state index contributed by atoms with van der Waals surface area (Å²) in [6.45, 7) is 2.11. The summed E-state index contributed by atoms with van der Waals surface area (Å²) in [5.74, 6) is -1.41. The fourth-order valence-corrected chi connectivity index (χ4v) is 1.79. The van der Waals surface area contributed by atoms with Gasteiger partial charge in [0, 0.05) is 37.0 Å². The van der Waals surface area contributed by atoms with Gasteiger partial charge in [-0.3, -0.25) is 10.1 Å². The van der Waals surface area contributed by atoms with E-state index in [9.17, 15) is 18.9 Å². The lowest BCUT2D eigenvalue weighted by atomic mass is 10.1. The first-order valence-corrected chi connectivity index (χ1v) is 6.09. The number of benzene rings is 1. The fourth-order valence-electron chi connectivity index (χ4n) is 1.79. The lowest BCUT2D eigenvalue weighted by Gasteiger charge is -2.06. The van der Waals surface area contributed by atoms with Crippen LogP contribution in [0.1, 0.15) is 17.1 Å². The summed E-state index contributed by atoms with van der Waals surface area (Å²) in [7, 11) is 0. The molecular formula is C13H12F2N4O2. The topological polar surface area (TPSA) is 81.0 Å². The second-order valence-electron chi connectivity index (χ2n) is 4.35. The van der Waals surface area contributed by atoms with Crippen molar-refractivity contribution in [2.75, 3.05) is 0 Å². The summed E-state index contributed by atoms with van der Waals surface area (Å²) in [4.78, 5) is 17.8. The molecule has 0 unspecified atom stereocenters. The molecule has 0 spiro atoms. The molecular weight excluding hydrogens is 282 g/mol. The molecule has 1 heterocycles. The van der Waals surface area contributed by atoms with Crippen molar-refractivity contribution in [2.24, 2.45) is 0 Å². The van der Waals surface area contributed by atoms with Crippen LogP contribution in [0.3, 0.4) is 0 Å². The minimum absolute atomic E-state index is 0.0221. The van der Waals surface area contributed by atoms with Crippen molar-refractivity contribution in [1.29, 1.82) is 0 Å². The number of nitro groups is 1. The zero-order valence-corrected chi connectivity index (χ0v) is 11.1. The average Bonchev–Trinajstić information content (AvgIpc) is 2.41. The molecule has 0 amide bonds. The Morgan fingerprint density at radius 2 is 2.05 bits per heavy atom. The maximum atomic E-state index is 13.6. The molecule has 0 radical (unpaired) electrons. The van der Waals surface area contributed by atoms with Crippen LogP contribution < -0.4 is 5.32 Å². The van der Waals surface area contributed by atoms with Crippen molar-refractivity contribution in [2.45, 2.75) is 20.0 Å². The molecule has 1 aromatic carbocycles. The van der Waals surface area contributed by atoms with Gasteiger partial charge in [-0.25, -0.2) is 14.4 Å². The van der Waals surface area contributed by atoms with Gasteiger partial charge in [0.05, 0.1) is 10.6 Å². The summed E-state index contributed by atoms with van der Waals surface area (Å²) >= 11 is 0. The number of halogens is 2. The Hall–Kier alpha value is -2.48. The quantitative estimate of drug-likeness (QED) is 0.675. The molecule has 6 nitrogen and oxygen atoms in total. The molecule has 0 aliphatic rings. The highest BCUT2D eigenvalue weighted by Crippen LogP contribution is 2.21. The van der Waals surface area contributed by atoms with E-state index in [4.69, 9.17) is 0 Å². The molecule has 0 bridgehead atoms. The van der Waals surface area contributed by atoms with Crippen LogP contribution in [0.15, 0.2) is 24.4 Å². The zero-order valence-electron chi connectivity index (χ0n) is 11.1. The molecule has 110 valence electrons. The largest absolute Gasteiger partial charge is 0.307 e. The lowest BCUT2D eigenvalue weighted by molar-refractivity contribution is -0.387. The van der Waals surface area contributed by atoms with Crippen LogP contribution in [0.4, 0.5) is 14.5 Å². The maximum Gasteiger partial charge on any atom is 0.305 e. The molecule has 21 heavy (non-hydrogen) atoms. The third-order valence-electron chi connectivity index (χ3n) is 2.77. The Bertz CT molecular complexity index is 679. The van der Waals surface area contributed by atoms with E-state index in [1.807, 2.05) is 0 Å². The van der Waals surface area contributed by atoms with Crippen molar-refractivity contribution >= 4 is 5.69 Å². The molecule has 0 saturated carbocycles. The maximum absolute atomic E-state index is 13.6. The van der Waals surface area contributed by atoms with Crippen molar-refractivity contribution in [3.8, 4) is 0 Å². The Kier molecular flexibility index (Phi) is 4.49. The first-order valence-electron chi connectivity index (χ1n) is 6.09. The molecule has 1 N–H and O–H groups in total. The van der Waals surface area contributed by atoms with Crippen LogP contribution in [0.25, 0.3) is 0 Å². The Morgan fingerprint density at radius 3 is 2.71 bits per heavy atom. The molecule has 0 aliphatic carbocycles. The van der Waals surface area contributed by atoms with Crippen LogP contribution in [0.5, 0.6) is 0 Å². The summed E-state index contributed by atoms with van der Waals surface area (Å²) in [5, 5.41) is 13.5. The Balaban J connectivity index is 2.06. The van der Waals surface area contributed by atoms with Gasteiger partial charge in [0.2, 0.25) is 5.82 Å². The van der Waals surface area contributed by atoms with Crippen molar-refractivity contribution in [1.82, 2.24) is 15.3 Å². The lowest BCUT2D eigenvalue weighted by Crippen LogP contribution is -2.15. The predicted octanol–water partition coefficient (Wildman–Crippen LogP) is 2.26. The average molecular weight is 294 g/mol. The van der Waals surface area contributed by atoms with Gasteiger partial charge in [-0.2, -0.15) is 4.39 Å². The smallest absolute Gasteiger partial charge is 0.305 e. The highest BCUT2D eigenvalue weighted by Gasteiger charge is 2.18. The van der Waals surface area contributed by atoms with Gasteiger partial charge in [-0.05, 0) is 13.0 Å². The monoisotopic (exact) mass is 294 g/mol. The molecule has 0 atom stereocenters.